The molecule has 0 aliphatic carbocycles. The maximum Gasteiger partial charge on any atom is 0.416 e. The van der Waals surface area contributed by atoms with Crippen LogP contribution in [0.1, 0.15) is 17.4 Å². The quantitative estimate of drug-likeness (QED) is 0.915. The average Bonchev–Trinajstić information content (AvgIpc) is 2.55. The van der Waals surface area contributed by atoms with Crippen LogP contribution in [0.5, 0.6) is 0 Å². The number of nitrogens with two attached hydrogens (primary N) is 1. The first-order valence-corrected chi connectivity index (χ1v) is 7.20. The van der Waals surface area contributed by atoms with Crippen LogP contribution in [0.2, 0.25) is 0 Å². The average molecular weight is 323 g/mol. The van der Waals surface area contributed by atoms with Gasteiger partial charge < -0.3 is 15.2 Å². The number of benzene rings is 2. The fraction of sp³-hybridized carbons (Fsp3) is 0.294. The summed E-state index contributed by atoms with van der Waals surface area (Å²) in [4.78, 5) is 0. The summed E-state index contributed by atoms with van der Waals surface area (Å²) in [5.41, 5.74) is 7.44. The topological polar surface area (TPSA) is 44.5 Å². The van der Waals surface area contributed by atoms with Gasteiger partial charge in [-0.2, -0.15) is 13.2 Å². The molecule has 1 fully saturated rings. The van der Waals surface area contributed by atoms with Crippen LogP contribution in [0.25, 0.3) is 11.1 Å². The van der Waals surface area contributed by atoms with Crippen molar-refractivity contribution in [3.05, 3.63) is 59.7 Å². The Bertz CT molecular complexity index is 645. The third-order valence-corrected chi connectivity index (χ3v) is 3.65. The van der Waals surface area contributed by atoms with Crippen LogP contribution in [-0.4, -0.2) is 19.3 Å². The Morgan fingerprint density at radius 1 is 0.826 bits per heavy atom. The summed E-state index contributed by atoms with van der Waals surface area (Å²) in [5, 5.41) is 0. The molecule has 2 N–H and O–H groups in total. The van der Waals surface area contributed by atoms with Crippen LogP contribution in [0, 0.1) is 0 Å². The van der Waals surface area contributed by atoms with Crippen LogP contribution < -0.4 is 5.73 Å². The molecule has 0 amide bonds. The normalized spacial score (nSPS) is 22.1. The fourth-order valence-corrected chi connectivity index (χ4v) is 2.40. The number of ether oxygens (including phenoxy) is 2. The predicted octanol–water partition coefficient (Wildman–Crippen LogP) is 3.75. The van der Waals surface area contributed by atoms with Crippen molar-refractivity contribution >= 4 is 0 Å². The Balaban J connectivity index is 1.74. The molecule has 0 radical (unpaired) electrons. The van der Waals surface area contributed by atoms with E-state index >= 15 is 0 Å². The second-order valence-electron chi connectivity index (χ2n) is 5.46. The summed E-state index contributed by atoms with van der Waals surface area (Å²) in [6.45, 7) is 0.872. The third-order valence-electron chi connectivity index (χ3n) is 3.65. The van der Waals surface area contributed by atoms with Gasteiger partial charge in [-0.15, -0.1) is 0 Å². The minimum Gasteiger partial charge on any atom is -0.347 e. The second-order valence-corrected chi connectivity index (χ2v) is 5.46. The molecule has 0 spiro atoms. The smallest absolute Gasteiger partial charge is 0.347 e. The molecular weight excluding hydrogens is 307 g/mol. The van der Waals surface area contributed by atoms with Gasteiger partial charge in [0.2, 0.25) is 0 Å². The van der Waals surface area contributed by atoms with E-state index in [1.54, 1.807) is 0 Å². The molecule has 1 aliphatic rings. The number of hydrogen-bond acceptors (Lipinski definition) is 3. The maximum atomic E-state index is 12.6. The van der Waals surface area contributed by atoms with Crippen molar-refractivity contribution in [2.24, 2.45) is 5.73 Å². The van der Waals surface area contributed by atoms with E-state index in [4.69, 9.17) is 15.2 Å². The highest BCUT2D eigenvalue weighted by atomic mass is 19.4. The minimum atomic E-state index is -4.32. The first kappa shape index (κ1) is 16.0. The molecule has 6 heteroatoms. The van der Waals surface area contributed by atoms with Crippen molar-refractivity contribution < 1.29 is 22.6 Å². The highest BCUT2D eigenvalue weighted by Crippen LogP contribution is 2.31. The summed E-state index contributed by atoms with van der Waals surface area (Å²) >= 11 is 0. The Kier molecular flexibility index (Phi) is 4.39. The van der Waals surface area contributed by atoms with Crippen molar-refractivity contribution in [2.45, 2.75) is 18.5 Å². The van der Waals surface area contributed by atoms with Crippen molar-refractivity contribution in [1.29, 1.82) is 0 Å². The van der Waals surface area contributed by atoms with Crippen LogP contribution in [0.15, 0.2) is 48.5 Å². The summed E-state index contributed by atoms with van der Waals surface area (Å²) in [7, 11) is 0. The zero-order valence-corrected chi connectivity index (χ0v) is 12.2. The van der Waals surface area contributed by atoms with Gasteiger partial charge in [0.05, 0.1) is 24.8 Å². The first-order chi connectivity index (χ1) is 10.9. The molecule has 1 aliphatic heterocycles. The fourth-order valence-electron chi connectivity index (χ4n) is 2.40. The van der Waals surface area contributed by atoms with Crippen LogP contribution >= 0.6 is 0 Å². The molecule has 1 saturated heterocycles. The van der Waals surface area contributed by atoms with Crippen LogP contribution in [-0.2, 0) is 15.7 Å². The predicted molar refractivity (Wildman–Crippen MR) is 79.5 cm³/mol. The SMILES string of the molecule is NC1COC(c2ccc(-c3ccc(C(F)(F)F)cc3)cc2)OC1. The lowest BCUT2D eigenvalue weighted by Crippen LogP contribution is -2.37. The summed E-state index contributed by atoms with van der Waals surface area (Å²) in [5.74, 6) is 0. The molecule has 0 unspecified atom stereocenters. The monoisotopic (exact) mass is 323 g/mol. The van der Waals surface area contributed by atoms with E-state index in [2.05, 4.69) is 0 Å². The van der Waals surface area contributed by atoms with Gasteiger partial charge in [-0.1, -0.05) is 36.4 Å². The van der Waals surface area contributed by atoms with E-state index in [1.807, 2.05) is 24.3 Å². The highest BCUT2D eigenvalue weighted by molar-refractivity contribution is 5.64. The Morgan fingerprint density at radius 2 is 1.30 bits per heavy atom. The van der Waals surface area contributed by atoms with Gasteiger partial charge in [-0.3, -0.25) is 0 Å². The lowest BCUT2D eigenvalue weighted by Gasteiger charge is -2.27. The molecule has 0 bridgehead atoms. The van der Waals surface area contributed by atoms with Gasteiger partial charge in [0.15, 0.2) is 6.29 Å². The lowest BCUT2D eigenvalue weighted by molar-refractivity contribution is -0.189. The van der Waals surface area contributed by atoms with Gasteiger partial charge >= 0.3 is 6.18 Å². The maximum absolute atomic E-state index is 12.6. The molecule has 0 aromatic heterocycles. The number of rotatable bonds is 2. The van der Waals surface area contributed by atoms with E-state index in [0.717, 1.165) is 28.8 Å². The first-order valence-electron chi connectivity index (χ1n) is 7.20. The molecule has 3 nitrogen and oxygen atoms in total. The van der Waals surface area contributed by atoms with Crippen molar-refractivity contribution in [2.75, 3.05) is 13.2 Å². The van der Waals surface area contributed by atoms with E-state index in [0.29, 0.717) is 13.2 Å². The van der Waals surface area contributed by atoms with Crippen molar-refractivity contribution in [3.8, 4) is 11.1 Å². The molecule has 23 heavy (non-hydrogen) atoms. The largest absolute Gasteiger partial charge is 0.416 e. The lowest BCUT2D eigenvalue weighted by atomic mass is 10.0. The highest BCUT2D eigenvalue weighted by Gasteiger charge is 2.30. The standard InChI is InChI=1S/C17H16F3NO2/c18-17(19,20)14-7-5-12(6-8-14)11-1-3-13(4-2-11)16-22-9-15(21)10-23-16/h1-8,15-16H,9-10,21H2. The van der Waals surface area contributed by atoms with Gasteiger partial charge in [0, 0.05) is 5.56 Å². The molecule has 0 saturated carbocycles. The number of hydrogen-bond donors (Lipinski definition) is 1. The van der Waals surface area contributed by atoms with E-state index < -0.39 is 18.0 Å². The molecule has 1 heterocycles. The summed E-state index contributed by atoms with van der Waals surface area (Å²) in [6.07, 6.45) is -4.77. The Morgan fingerprint density at radius 3 is 1.78 bits per heavy atom. The van der Waals surface area contributed by atoms with Gasteiger partial charge in [0.25, 0.3) is 0 Å². The third kappa shape index (κ3) is 3.72. The molecule has 2 aromatic carbocycles. The zero-order valence-electron chi connectivity index (χ0n) is 12.2. The summed E-state index contributed by atoms with van der Waals surface area (Å²) < 4.78 is 48.7. The van der Waals surface area contributed by atoms with E-state index in [-0.39, 0.29) is 6.04 Å². The molecule has 2 aromatic rings. The Labute approximate surface area is 131 Å². The van der Waals surface area contributed by atoms with Gasteiger partial charge in [-0.05, 0) is 23.3 Å². The van der Waals surface area contributed by atoms with Crippen LogP contribution in [0.3, 0.4) is 0 Å². The van der Waals surface area contributed by atoms with E-state index in [9.17, 15) is 13.2 Å². The zero-order chi connectivity index (χ0) is 16.4. The number of halogens is 3. The summed E-state index contributed by atoms with van der Waals surface area (Å²) in [6, 6.07) is 12.3. The van der Waals surface area contributed by atoms with Gasteiger partial charge in [0.1, 0.15) is 0 Å². The molecule has 0 atom stereocenters. The second kappa shape index (κ2) is 6.31. The molecule has 122 valence electrons. The van der Waals surface area contributed by atoms with Crippen molar-refractivity contribution in [1.82, 2.24) is 0 Å². The molecular formula is C17H16F3NO2. The molecule has 3 rings (SSSR count). The Hall–Kier alpha value is -1.89. The minimum absolute atomic E-state index is 0.113. The number of alkyl halides is 3. The van der Waals surface area contributed by atoms with Crippen molar-refractivity contribution in [3.63, 3.8) is 0 Å². The van der Waals surface area contributed by atoms with Crippen LogP contribution in [0.4, 0.5) is 13.2 Å². The van der Waals surface area contributed by atoms with E-state index in [1.165, 1.54) is 12.1 Å². The van der Waals surface area contributed by atoms with Gasteiger partial charge in [-0.25, -0.2) is 0 Å².